The highest BCUT2D eigenvalue weighted by Gasteiger charge is 2.66. The number of halogens is 4. The van der Waals surface area contributed by atoms with Crippen LogP contribution >= 0.6 is 0 Å². The van der Waals surface area contributed by atoms with Gasteiger partial charge in [-0.15, -0.1) is 0 Å². The molecule has 6 nitrogen and oxygen atoms in total. The first kappa shape index (κ1) is 19.8. The third-order valence-electron chi connectivity index (χ3n) is 6.04. The molecule has 2 atom stereocenters. The first-order valence-corrected chi connectivity index (χ1v) is 9.76. The predicted octanol–water partition coefficient (Wildman–Crippen LogP) is 2.93. The van der Waals surface area contributed by atoms with E-state index < -0.39 is 51.3 Å². The topological polar surface area (TPSA) is 101 Å². The molecular weight excluding hydrogens is 384 g/mol. The average molecular weight is 404 g/mol. The van der Waals surface area contributed by atoms with Crippen LogP contribution in [-0.2, 0) is 19.6 Å². The Morgan fingerprint density at radius 3 is 2.12 bits per heavy atom. The lowest BCUT2D eigenvalue weighted by atomic mass is 9.48. The number of aliphatic carboxylic acids is 1. The third-order valence-corrected chi connectivity index (χ3v) is 6.98. The normalized spacial score (nSPS) is 37.1. The smallest absolute Gasteiger partial charge is 0.431 e. The van der Waals surface area contributed by atoms with Gasteiger partial charge in [0, 0.05) is 6.42 Å². The van der Waals surface area contributed by atoms with Crippen molar-refractivity contribution in [2.75, 3.05) is 6.61 Å². The van der Waals surface area contributed by atoms with Gasteiger partial charge in [-0.3, -0.25) is 9.35 Å². The maximum Gasteiger partial charge on any atom is 0.431 e. The predicted molar refractivity (Wildman–Crippen MR) is 79.5 cm³/mol. The SMILES string of the molecule is O=C(O)C12CC3CC(CC(OCCC(F)(F)C(F)(F)S(=O)(=O)O)(C3)C1)C2. The van der Waals surface area contributed by atoms with Crippen LogP contribution in [0.1, 0.15) is 44.9 Å². The lowest BCUT2D eigenvalue weighted by molar-refractivity contribution is -0.219. The van der Waals surface area contributed by atoms with Gasteiger partial charge in [-0.05, 0) is 50.4 Å². The molecule has 0 heterocycles. The van der Waals surface area contributed by atoms with Crippen LogP contribution in [0.5, 0.6) is 0 Å². The summed E-state index contributed by atoms with van der Waals surface area (Å²) in [5, 5.41) is 3.96. The van der Waals surface area contributed by atoms with Gasteiger partial charge in [0.05, 0.1) is 17.6 Å². The first-order valence-electron chi connectivity index (χ1n) is 8.32. The van der Waals surface area contributed by atoms with Gasteiger partial charge in [0.2, 0.25) is 0 Å². The molecule has 2 N–H and O–H groups in total. The van der Waals surface area contributed by atoms with E-state index in [4.69, 9.17) is 9.29 Å². The molecule has 0 aliphatic heterocycles. The van der Waals surface area contributed by atoms with E-state index in [2.05, 4.69) is 0 Å². The monoisotopic (exact) mass is 404 g/mol. The zero-order valence-corrected chi connectivity index (χ0v) is 14.6. The Bertz CT molecular complexity index is 693. The number of carboxylic acids is 1. The Morgan fingerprint density at radius 2 is 1.65 bits per heavy atom. The summed E-state index contributed by atoms with van der Waals surface area (Å²) in [5.41, 5.74) is -1.92. The maximum atomic E-state index is 13.6. The largest absolute Gasteiger partial charge is 0.481 e. The Morgan fingerprint density at radius 1 is 1.12 bits per heavy atom. The molecule has 0 aromatic rings. The van der Waals surface area contributed by atoms with Crippen molar-refractivity contribution in [3.8, 4) is 0 Å². The Balaban J connectivity index is 1.70. The molecule has 11 heteroatoms. The second-order valence-electron chi connectivity index (χ2n) is 8.02. The standard InChI is InChI=1S/C15H20F4O6S/c16-14(17,15(18,19)26(22,23)24)1-2-25-13-6-9-3-10(7-13)5-12(4-9,8-13)11(20)21/h9-10H,1-8H2,(H,20,21)(H,22,23,24). The van der Waals surface area contributed by atoms with Gasteiger partial charge in [0.1, 0.15) is 0 Å². The molecule has 4 rings (SSSR count). The molecule has 4 aliphatic rings. The number of ether oxygens (including phenoxy) is 1. The quantitative estimate of drug-likeness (QED) is 0.500. The number of rotatable bonds is 7. The summed E-state index contributed by atoms with van der Waals surface area (Å²) in [6, 6.07) is 0. The molecule has 4 saturated carbocycles. The summed E-state index contributed by atoms with van der Waals surface area (Å²) in [4.78, 5) is 11.7. The Hall–Kier alpha value is -0.940. The minimum Gasteiger partial charge on any atom is -0.481 e. The Kier molecular flexibility index (Phi) is 4.40. The minimum atomic E-state index is -6.27. The van der Waals surface area contributed by atoms with Crippen LogP contribution in [-0.4, -0.2) is 47.4 Å². The van der Waals surface area contributed by atoms with Crippen molar-refractivity contribution in [1.82, 2.24) is 0 Å². The summed E-state index contributed by atoms with van der Waals surface area (Å²) in [7, 11) is -6.27. The molecule has 4 bridgehead atoms. The summed E-state index contributed by atoms with van der Waals surface area (Å²) >= 11 is 0. The number of hydrogen-bond donors (Lipinski definition) is 2. The van der Waals surface area contributed by atoms with Crippen LogP contribution in [0.25, 0.3) is 0 Å². The molecule has 4 aliphatic carbocycles. The zero-order chi connectivity index (χ0) is 19.6. The van der Waals surface area contributed by atoms with E-state index >= 15 is 0 Å². The fourth-order valence-corrected chi connectivity index (χ4v) is 5.81. The van der Waals surface area contributed by atoms with Crippen LogP contribution in [0.15, 0.2) is 0 Å². The fraction of sp³-hybridized carbons (Fsp3) is 0.933. The highest BCUT2D eigenvalue weighted by molar-refractivity contribution is 7.87. The van der Waals surface area contributed by atoms with Gasteiger partial charge in [-0.1, -0.05) is 0 Å². The van der Waals surface area contributed by atoms with E-state index in [-0.39, 0.29) is 18.3 Å². The molecule has 2 unspecified atom stereocenters. The van der Waals surface area contributed by atoms with Crippen molar-refractivity contribution in [1.29, 1.82) is 0 Å². The van der Waals surface area contributed by atoms with Crippen molar-refractivity contribution >= 4 is 16.1 Å². The number of hydrogen-bond acceptors (Lipinski definition) is 4. The maximum absolute atomic E-state index is 13.6. The van der Waals surface area contributed by atoms with Crippen LogP contribution in [0.3, 0.4) is 0 Å². The molecule has 0 saturated heterocycles. The van der Waals surface area contributed by atoms with Gasteiger partial charge in [0.25, 0.3) is 0 Å². The van der Waals surface area contributed by atoms with Gasteiger partial charge >= 0.3 is 27.3 Å². The first-order chi connectivity index (χ1) is 11.7. The molecule has 0 radical (unpaired) electrons. The number of carbonyl (C=O) groups is 1. The van der Waals surface area contributed by atoms with Gasteiger partial charge in [-0.2, -0.15) is 26.0 Å². The van der Waals surface area contributed by atoms with Crippen molar-refractivity contribution in [2.45, 2.75) is 61.7 Å². The molecule has 0 aromatic carbocycles. The van der Waals surface area contributed by atoms with Gasteiger partial charge in [-0.25, -0.2) is 0 Å². The van der Waals surface area contributed by atoms with E-state index in [0.29, 0.717) is 25.7 Å². The summed E-state index contributed by atoms with van der Waals surface area (Å²) in [6.45, 7) is -0.854. The van der Waals surface area contributed by atoms with Crippen molar-refractivity contribution in [3.63, 3.8) is 0 Å². The van der Waals surface area contributed by atoms with E-state index in [9.17, 15) is 35.9 Å². The molecule has 4 fully saturated rings. The zero-order valence-electron chi connectivity index (χ0n) is 13.8. The van der Waals surface area contributed by atoms with E-state index in [1.807, 2.05) is 0 Å². The van der Waals surface area contributed by atoms with Crippen LogP contribution in [0.2, 0.25) is 0 Å². The molecular formula is C15H20F4O6S. The fourth-order valence-electron chi connectivity index (χ4n) is 5.33. The number of alkyl halides is 4. The highest BCUT2D eigenvalue weighted by atomic mass is 32.2. The Labute approximate surface area is 147 Å². The average Bonchev–Trinajstić information content (AvgIpc) is 2.43. The van der Waals surface area contributed by atoms with Crippen LogP contribution in [0.4, 0.5) is 17.6 Å². The lowest BCUT2D eigenvalue weighted by Crippen LogP contribution is -2.59. The minimum absolute atomic E-state index is 0.0899. The molecule has 0 spiro atoms. The summed E-state index contributed by atoms with van der Waals surface area (Å²) < 4.78 is 88.6. The molecule has 0 amide bonds. The number of carboxylic acid groups (broad SMARTS) is 1. The van der Waals surface area contributed by atoms with Crippen LogP contribution in [0, 0.1) is 17.3 Å². The van der Waals surface area contributed by atoms with Crippen molar-refractivity contribution in [2.24, 2.45) is 17.3 Å². The van der Waals surface area contributed by atoms with Gasteiger partial charge < -0.3 is 9.84 Å². The van der Waals surface area contributed by atoms with Crippen LogP contribution < -0.4 is 0 Å². The lowest BCUT2D eigenvalue weighted by Gasteiger charge is -2.60. The third kappa shape index (κ3) is 3.01. The molecule has 26 heavy (non-hydrogen) atoms. The van der Waals surface area contributed by atoms with Crippen molar-refractivity contribution in [3.05, 3.63) is 0 Å². The second-order valence-corrected chi connectivity index (χ2v) is 9.49. The molecule has 150 valence electrons. The summed E-state index contributed by atoms with van der Waals surface area (Å²) in [5.74, 6) is -5.78. The van der Waals surface area contributed by atoms with Crippen molar-refractivity contribution < 1.29 is 45.2 Å². The second kappa shape index (κ2) is 5.78. The van der Waals surface area contributed by atoms with E-state index in [1.165, 1.54) is 0 Å². The molecule has 0 aromatic heterocycles. The van der Waals surface area contributed by atoms with E-state index in [1.54, 1.807) is 0 Å². The highest BCUT2D eigenvalue weighted by Crippen LogP contribution is 2.63. The summed E-state index contributed by atoms with van der Waals surface area (Å²) in [6.07, 6.45) is 1.36. The van der Waals surface area contributed by atoms with Gasteiger partial charge in [0.15, 0.2) is 0 Å². The van der Waals surface area contributed by atoms with E-state index in [0.717, 1.165) is 6.42 Å².